The van der Waals surface area contributed by atoms with Crippen LogP contribution in [0.2, 0.25) is 0 Å². The molecule has 7 rings (SSSR count). The zero-order chi connectivity index (χ0) is 30.7. The van der Waals surface area contributed by atoms with E-state index in [9.17, 15) is 23.2 Å². The van der Waals surface area contributed by atoms with Gasteiger partial charge in [0.2, 0.25) is 17.7 Å². The average molecular weight is 600 g/mol. The van der Waals surface area contributed by atoms with Gasteiger partial charge in [-0.2, -0.15) is 0 Å². The van der Waals surface area contributed by atoms with Gasteiger partial charge in [0.05, 0.1) is 16.5 Å². The largest absolute Gasteiger partial charge is 0.325 e. The van der Waals surface area contributed by atoms with Gasteiger partial charge >= 0.3 is 0 Å². The molecule has 10 heteroatoms. The minimum atomic E-state index is -1.16. The molecule has 3 amide bonds. The Morgan fingerprint density at radius 2 is 1.70 bits per heavy atom. The number of fused-ring (bicyclic) bond motifs is 3. The minimum absolute atomic E-state index is 0.0780. The SMILES string of the molecule is C[C@]1(c2cc(F)cc(F)c2)CNC2(CCCCCC2)C(=O)N1CC(=O)Nc1ccc2c(c1)C[C@@]1(C2)C(=O)Nc2ncccc21. The number of amides is 3. The molecule has 2 spiro atoms. The maximum atomic E-state index is 14.4. The summed E-state index contributed by atoms with van der Waals surface area (Å²) in [6.45, 7) is 1.73. The molecule has 3 aromatic rings. The van der Waals surface area contributed by atoms with Gasteiger partial charge in [-0.3, -0.25) is 14.4 Å². The van der Waals surface area contributed by atoms with Crippen molar-refractivity contribution in [1.29, 1.82) is 0 Å². The van der Waals surface area contributed by atoms with Gasteiger partial charge in [-0.1, -0.05) is 37.8 Å². The number of rotatable bonds is 4. The van der Waals surface area contributed by atoms with E-state index >= 15 is 0 Å². The number of anilines is 2. The van der Waals surface area contributed by atoms with E-state index in [1.165, 1.54) is 17.0 Å². The summed E-state index contributed by atoms with van der Waals surface area (Å²) in [5, 5.41) is 9.32. The van der Waals surface area contributed by atoms with Crippen LogP contribution in [0.5, 0.6) is 0 Å². The fourth-order valence-corrected chi connectivity index (χ4v) is 7.78. The number of aromatic nitrogens is 1. The van der Waals surface area contributed by atoms with Gasteiger partial charge in [0.25, 0.3) is 0 Å². The van der Waals surface area contributed by atoms with E-state index in [-0.39, 0.29) is 24.9 Å². The summed E-state index contributed by atoms with van der Waals surface area (Å²) in [7, 11) is 0. The highest BCUT2D eigenvalue weighted by molar-refractivity contribution is 6.06. The third-order valence-corrected chi connectivity index (χ3v) is 10.2. The number of halogens is 2. The monoisotopic (exact) mass is 599 g/mol. The van der Waals surface area contributed by atoms with Crippen molar-refractivity contribution in [2.24, 2.45) is 0 Å². The molecule has 0 unspecified atom stereocenters. The summed E-state index contributed by atoms with van der Waals surface area (Å²) in [5.74, 6) is -1.59. The lowest BCUT2D eigenvalue weighted by molar-refractivity contribution is -0.154. The van der Waals surface area contributed by atoms with Gasteiger partial charge in [0.15, 0.2) is 0 Å². The zero-order valence-electron chi connectivity index (χ0n) is 24.6. The highest BCUT2D eigenvalue weighted by Gasteiger charge is 2.53. The molecule has 0 radical (unpaired) electrons. The number of nitrogens with zero attached hydrogens (tertiary/aromatic N) is 2. The Morgan fingerprint density at radius 1 is 0.977 bits per heavy atom. The molecule has 2 fully saturated rings. The highest BCUT2D eigenvalue weighted by atomic mass is 19.1. The molecule has 3 heterocycles. The smallest absolute Gasteiger partial charge is 0.244 e. The number of hydrogen-bond donors (Lipinski definition) is 3. The lowest BCUT2D eigenvalue weighted by atomic mass is 9.79. The first-order valence-electron chi connectivity index (χ1n) is 15.3. The molecule has 0 bridgehead atoms. The van der Waals surface area contributed by atoms with Crippen LogP contribution in [0.1, 0.15) is 67.7 Å². The molecule has 2 aliphatic heterocycles. The summed E-state index contributed by atoms with van der Waals surface area (Å²) in [6.07, 6.45) is 7.83. The van der Waals surface area contributed by atoms with Gasteiger partial charge in [-0.15, -0.1) is 0 Å². The first-order valence-corrected chi connectivity index (χ1v) is 15.3. The van der Waals surface area contributed by atoms with Crippen LogP contribution in [0.3, 0.4) is 0 Å². The molecule has 8 nitrogen and oxygen atoms in total. The van der Waals surface area contributed by atoms with E-state index < -0.39 is 34.0 Å². The van der Waals surface area contributed by atoms with Gasteiger partial charge < -0.3 is 20.9 Å². The average Bonchev–Trinajstić information content (AvgIpc) is 3.39. The van der Waals surface area contributed by atoms with Crippen LogP contribution in [0, 0.1) is 11.6 Å². The van der Waals surface area contributed by atoms with Crippen LogP contribution >= 0.6 is 0 Å². The van der Waals surface area contributed by atoms with Crippen LogP contribution in [0.4, 0.5) is 20.3 Å². The van der Waals surface area contributed by atoms with Crippen LogP contribution in [0.15, 0.2) is 54.7 Å². The second kappa shape index (κ2) is 10.5. The highest BCUT2D eigenvalue weighted by Crippen LogP contribution is 2.47. The second-order valence-corrected chi connectivity index (χ2v) is 13.0. The molecule has 2 atom stereocenters. The number of hydrogen-bond acceptors (Lipinski definition) is 5. The number of carbonyl (C=O) groups excluding carboxylic acids is 3. The summed E-state index contributed by atoms with van der Waals surface area (Å²) in [4.78, 5) is 46.8. The van der Waals surface area contributed by atoms with Crippen LogP contribution in [0.25, 0.3) is 0 Å². The van der Waals surface area contributed by atoms with Crippen LogP contribution in [-0.4, -0.2) is 46.2 Å². The lowest BCUT2D eigenvalue weighted by Gasteiger charge is -2.52. The Bertz CT molecular complexity index is 1670. The summed E-state index contributed by atoms with van der Waals surface area (Å²) in [5.41, 5.74) is 1.03. The number of nitrogens with one attached hydrogen (secondary N) is 3. The minimum Gasteiger partial charge on any atom is -0.325 e. The van der Waals surface area contributed by atoms with E-state index in [1.807, 2.05) is 24.3 Å². The van der Waals surface area contributed by atoms with Crippen molar-refractivity contribution in [2.45, 2.75) is 74.8 Å². The third-order valence-electron chi connectivity index (χ3n) is 10.2. The van der Waals surface area contributed by atoms with Crippen molar-refractivity contribution in [1.82, 2.24) is 15.2 Å². The number of benzene rings is 2. The topological polar surface area (TPSA) is 103 Å². The predicted molar refractivity (Wildman–Crippen MR) is 161 cm³/mol. The summed E-state index contributed by atoms with van der Waals surface area (Å²) >= 11 is 0. The molecule has 1 saturated carbocycles. The van der Waals surface area contributed by atoms with Crippen LogP contribution in [-0.2, 0) is 38.2 Å². The van der Waals surface area contributed by atoms with Crippen molar-refractivity contribution in [3.05, 3.63) is 88.6 Å². The normalized spacial score (nSPS) is 25.5. The summed E-state index contributed by atoms with van der Waals surface area (Å²) in [6, 6.07) is 12.7. The van der Waals surface area contributed by atoms with E-state index in [0.717, 1.165) is 48.4 Å². The fraction of sp³-hybridized carbons (Fsp3) is 0.412. The molecule has 4 aliphatic rings. The standard InChI is InChI=1S/C34H35F2N5O3/c1-32(23-14-24(35)16-25(36)15-23)20-38-34(10-4-2-3-5-11-34)31(44)41(32)19-28(42)39-26-9-8-21-17-33(18-22(21)13-26)27-7-6-12-37-29(27)40-30(33)43/h6-9,12-16,38H,2-5,10-11,17-20H2,1H3,(H,39,42)(H,37,40,43)/t32-,33-/m1/s1. The van der Waals surface area contributed by atoms with Crippen molar-refractivity contribution in [2.75, 3.05) is 23.7 Å². The Balaban J connectivity index is 1.15. The zero-order valence-corrected chi connectivity index (χ0v) is 24.6. The van der Waals surface area contributed by atoms with E-state index in [0.29, 0.717) is 42.8 Å². The van der Waals surface area contributed by atoms with E-state index in [2.05, 4.69) is 20.9 Å². The Morgan fingerprint density at radius 3 is 2.45 bits per heavy atom. The number of piperazine rings is 1. The Hall–Kier alpha value is -4.18. The number of carbonyl (C=O) groups is 3. The van der Waals surface area contributed by atoms with Gasteiger partial charge in [0.1, 0.15) is 24.0 Å². The molecule has 2 aliphatic carbocycles. The lowest BCUT2D eigenvalue weighted by Crippen LogP contribution is -2.71. The predicted octanol–water partition coefficient (Wildman–Crippen LogP) is 4.73. The fourth-order valence-electron chi connectivity index (χ4n) is 7.78. The van der Waals surface area contributed by atoms with Crippen molar-refractivity contribution in [3.8, 4) is 0 Å². The van der Waals surface area contributed by atoms with E-state index in [1.54, 1.807) is 19.2 Å². The molecular formula is C34H35F2N5O3. The Kier molecular flexibility index (Phi) is 6.80. The number of pyridine rings is 1. The molecule has 1 aromatic heterocycles. The second-order valence-electron chi connectivity index (χ2n) is 13.0. The molecule has 44 heavy (non-hydrogen) atoms. The van der Waals surface area contributed by atoms with Crippen molar-refractivity contribution in [3.63, 3.8) is 0 Å². The molecule has 228 valence electrons. The third kappa shape index (κ3) is 4.58. The summed E-state index contributed by atoms with van der Waals surface area (Å²) < 4.78 is 28.8. The maximum Gasteiger partial charge on any atom is 0.244 e. The van der Waals surface area contributed by atoms with Crippen molar-refractivity contribution < 1.29 is 23.2 Å². The maximum absolute atomic E-state index is 14.4. The quantitative estimate of drug-likeness (QED) is 0.403. The van der Waals surface area contributed by atoms with Crippen molar-refractivity contribution >= 4 is 29.2 Å². The van der Waals surface area contributed by atoms with Gasteiger partial charge in [0, 0.05) is 30.1 Å². The Labute approximate surface area is 254 Å². The first-order chi connectivity index (χ1) is 21.1. The van der Waals surface area contributed by atoms with Crippen LogP contribution < -0.4 is 16.0 Å². The van der Waals surface area contributed by atoms with E-state index in [4.69, 9.17) is 0 Å². The molecule has 3 N–H and O–H groups in total. The molecular weight excluding hydrogens is 564 g/mol. The van der Waals surface area contributed by atoms with Gasteiger partial charge in [-0.25, -0.2) is 13.8 Å². The molecule has 2 aromatic carbocycles. The molecule has 1 saturated heterocycles. The van der Waals surface area contributed by atoms with Gasteiger partial charge in [-0.05, 0) is 79.6 Å². The first kappa shape index (κ1) is 28.6.